The van der Waals surface area contributed by atoms with Gasteiger partial charge in [-0.3, -0.25) is 4.79 Å². The number of nitrogens with zero attached hydrogens (tertiary/aromatic N) is 2. The van der Waals surface area contributed by atoms with Crippen LogP contribution in [-0.4, -0.2) is 35.3 Å². The quantitative estimate of drug-likeness (QED) is 0.755. The number of aromatic nitrogens is 1. The molecule has 1 saturated heterocycles. The standard InChI is InChI=1S/C12H18N2OS/c1-10(15)11-9-16-12(13-11)5-8-14-6-3-2-4-7-14/h9H,2-8H2,1H3. The third-order valence-electron chi connectivity index (χ3n) is 3.00. The van der Waals surface area contributed by atoms with Crippen LogP contribution in [0.1, 0.15) is 41.7 Å². The normalized spacial score (nSPS) is 17.6. The Morgan fingerprint density at radius 2 is 2.19 bits per heavy atom. The molecule has 0 aromatic carbocycles. The number of Topliss-reactive ketones (excluding diaryl/α,β-unsaturated/α-hetero) is 1. The molecule has 1 aliphatic heterocycles. The van der Waals surface area contributed by atoms with Gasteiger partial charge in [-0.2, -0.15) is 0 Å². The largest absolute Gasteiger partial charge is 0.303 e. The van der Waals surface area contributed by atoms with Crippen LogP contribution in [-0.2, 0) is 6.42 Å². The second-order valence-electron chi connectivity index (χ2n) is 4.33. The Bertz CT molecular complexity index is 356. The lowest BCUT2D eigenvalue weighted by Gasteiger charge is -2.25. The first-order valence-corrected chi connectivity index (χ1v) is 6.81. The smallest absolute Gasteiger partial charge is 0.178 e. The number of piperidine rings is 1. The van der Waals surface area contributed by atoms with Crippen LogP contribution in [0.2, 0.25) is 0 Å². The van der Waals surface area contributed by atoms with Gasteiger partial charge in [-0.05, 0) is 25.9 Å². The summed E-state index contributed by atoms with van der Waals surface area (Å²) < 4.78 is 0. The zero-order valence-electron chi connectivity index (χ0n) is 9.74. The maximum absolute atomic E-state index is 11.1. The lowest BCUT2D eigenvalue weighted by molar-refractivity contribution is 0.101. The Balaban J connectivity index is 1.81. The number of hydrogen-bond donors (Lipinski definition) is 0. The fourth-order valence-electron chi connectivity index (χ4n) is 2.02. The van der Waals surface area contributed by atoms with Gasteiger partial charge < -0.3 is 4.90 Å². The zero-order valence-corrected chi connectivity index (χ0v) is 10.6. The molecule has 0 N–H and O–H groups in total. The van der Waals surface area contributed by atoms with Crippen molar-refractivity contribution in [3.63, 3.8) is 0 Å². The third kappa shape index (κ3) is 3.12. The van der Waals surface area contributed by atoms with Gasteiger partial charge in [0.2, 0.25) is 0 Å². The van der Waals surface area contributed by atoms with Crippen molar-refractivity contribution in [2.75, 3.05) is 19.6 Å². The van der Waals surface area contributed by atoms with Gasteiger partial charge >= 0.3 is 0 Å². The van der Waals surface area contributed by atoms with Crippen molar-refractivity contribution in [1.82, 2.24) is 9.88 Å². The van der Waals surface area contributed by atoms with E-state index < -0.39 is 0 Å². The molecule has 0 aliphatic carbocycles. The molecule has 1 aromatic rings. The Morgan fingerprint density at radius 1 is 1.44 bits per heavy atom. The molecule has 0 radical (unpaired) electrons. The maximum Gasteiger partial charge on any atom is 0.178 e. The lowest BCUT2D eigenvalue weighted by Crippen LogP contribution is -2.31. The Kier molecular flexibility index (Phi) is 4.07. The van der Waals surface area contributed by atoms with E-state index in [-0.39, 0.29) is 5.78 Å². The van der Waals surface area contributed by atoms with Gasteiger partial charge in [-0.15, -0.1) is 11.3 Å². The topological polar surface area (TPSA) is 33.2 Å². The molecule has 4 heteroatoms. The predicted molar refractivity (Wildman–Crippen MR) is 66.1 cm³/mol. The van der Waals surface area contributed by atoms with E-state index in [2.05, 4.69) is 9.88 Å². The monoisotopic (exact) mass is 238 g/mol. The second-order valence-corrected chi connectivity index (χ2v) is 5.28. The summed E-state index contributed by atoms with van der Waals surface area (Å²) in [6, 6.07) is 0. The molecular formula is C12H18N2OS. The number of ketones is 1. The maximum atomic E-state index is 11.1. The van der Waals surface area contributed by atoms with Crippen molar-refractivity contribution >= 4 is 17.1 Å². The molecule has 88 valence electrons. The van der Waals surface area contributed by atoms with Gasteiger partial charge in [0.25, 0.3) is 0 Å². The van der Waals surface area contributed by atoms with Crippen LogP contribution < -0.4 is 0 Å². The van der Waals surface area contributed by atoms with E-state index in [0.717, 1.165) is 18.0 Å². The summed E-state index contributed by atoms with van der Waals surface area (Å²) in [5.41, 5.74) is 0.624. The first-order valence-electron chi connectivity index (χ1n) is 5.93. The van der Waals surface area contributed by atoms with Gasteiger partial charge in [-0.25, -0.2) is 4.98 Å². The molecule has 16 heavy (non-hydrogen) atoms. The first kappa shape index (κ1) is 11.7. The molecule has 0 amide bonds. The molecule has 3 nitrogen and oxygen atoms in total. The summed E-state index contributed by atoms with van der Waals surface area (Å²) in [5, 5.41) is 2.96. The molecule has 0 spiro atoms. The van der Waals surface area contributed by atoms with Crippen molar-refractivity contribution in [2.45, 2.75) is 32.6 Å². The fraction of sp³-hybridized carbons (Fsp3) is 0.667. The van der Waals surface area contributed by atoms with Gasteiger partial charge in [0.15, 0.2) is 5.78 Å². The van der Waals surface area contributed by atoms with Crippen LogP contribution in [0.25, 0.3) is 0 Å². The van der Waals surface area contributed by atoms with Crippen molar-refractivity contribution in [2.24, 2.45) is 0 Å². The highest BCUT2D eigenvalue weighted by Gasteiger charge is 2.11. The molecule has 2 heterocycles. The van der Waals surface area contributed by atoms with E-state index in [4.69, 9.17) is 0 Å². The molecule has 2 rings (SSSR count). The molecule has 0 atom stereocenters. The van der Waals surface area contributed by atoms with Gasteiger partial charge in [0.1, 0.15) is 5.69 Å². The number of rotatable bonds is 4. The fourth-order valence-corrected chi connectivity index (χ4v) is 2.85. The average molecular weight is 238 g/mol. The van der Waals surface area contributed by atoms with E-state index in [1.807, 2.05) is 5.38 Å². The summed E-state index contributed by atoms with van der Waals surface area (Å²) in [6.45, 7) is 5.12. The summed E-state index contributed by atoms with van der Waals surface area (Å²) >= 11 is 1.61. The number of carbonyl (C=O) groups is 1. The Labute approximate surface area is 100 Å². The van der Waals surface area contributed by atoms with Gasteiger partial charge in [-0.1, -0.05) is 6.42 Å². The van der Waals surface area contributed by atoms with Crippen LogP contribution >= 0.6 is 11.3 Å². The van der Waals surface area contributed by atoms with E-state index in [1.165, 1.54) is 32.4 Å². The van der Waals surface area contributed by atoms with E-state index in [0.29, 0.717) is 5.69 Å². The second kappa shape index (κ2) is 5.55. The van der Waals surface area contributed by atoms with Crippen molar-refractivity contribution in [3.8, 4) is 0 Å². The number of carbonyl (C=O) groups excluding carboxylic acids is 1. The molecule has 0 saturated carbocycles. The van der Waals surface area contributed by atoms with Gasteiger partial charge in [0.05, 0.1) is 5.01 Å². The number of likely N-dealkylation sites (tertiary alicyclic amines) is 1. The molecule has 1 aliphatic rings. The minimum absolute atomic E-state index is 0.0699. The van der Waals surface area contributed by atoms with Crippen molar-refractivity contribution < 1.29 is 4.79 Å². The van der Waals surface area contributed by atoms with Gasteiger partial charge in [0, 0.05) is 25.3 Å². The highest BCUT2D eigenvalue weighted by Crippen LogP contribution is 2.13. The highest BCUT2D eigenvalue weighted by molar-refractivity contribution is 7.09. The Hall–Kier alpha value is -0.740. The van der Waals surface area contributed by atoms with Crippen molar-refractivity contribution in [1.29, 1.82) is 0 Å². The number of thiazole rings is 1. The minimum atomic E-state index is 0.0699. The van der Waals surface area contributed by atoms with E-state index in [9.17, 15) is 4.79 Å². The summed E-state index contributed by atoms with van der Waals surface area (Å²) in [7, 11) is 0. The number of hydrogen-bond acceptors (Lipinski definition) is 4. The van der Waals surface area contributed by atoms with Crippen LogP contribution in [0.4, 0.5) is 0 Å². The van der Waals surface area contributed by atoms with Crippen LogP contribution in [0, 0.1) is 0 Å². The Morgan fingerprint density at radius 3 is 2.81 bits per heavy atom. The minimum Gasteiger partial charge on any atom is -0.303 e. The third-order valence-corrected chi connectivity index (χ3v) is 3.91. The molecular weight excluding hydrogens is 220 g/mol. The SMILES string of the molecule is CC(=O)c1csc(CCN2CCCCC2)n1. The molecule has 0 bridgehead atoms. The van der Waals surface area contributed by atoms with Crippen LogP contribution in [0.3, 0.4) is 0 Å². The predicted octanol–water partition coefficient (Wildman–Crippen LogP) is 2.37. The first-order chi connectivity index (χ1) is 7.75. The highest BCUT2D eigenvalue weighted by atomic mass is 32.1. The summed E-state index contributed by atoms with van der Waals surface area (Å²) in [4.78, 5) is 17.9. The van der Waals surface area contributed by atoms with E-state index >= 15 is 0 Å². The van der Waals surface area contributed by atoms with Crippen LogP contribution in [0.15, 0.2) is 5.38 Å². The molecule has 0 unspecified atom stereocenters. The molecule has 1 fully saturated rings. The van der Waals surface area contributed by atoms with Crippen LogP contribution in [0.5, 0.6) is 0 Å². The molecule has 1 aromatic heterocycles. The van der Waals surface area contributed by atoms with Crippen molar-refractivity contribution in [3.05, 3.63) is 16.1 Å². The summed E-state index contributed by atoms with van der Waals surface area (Å²) in [6.07, 6.45) is 5.02. The zero-order chi connectivity index (χ0) is 11.4. The average Bonchev–Trinajstić information content (AvgIpc) is 2.76. The summed E-state index contributed by atoms with van der Waals surface area (Å²) in [5.74, 6) is 0.0699. The lowest BCUT2D eigenvalue weighted by atomic mass is 10.1. The van der Waals surface area contributed by atoms with E-state index in [1.54, 1.807) is 18.3 Å².